The number of amides is 1. The van der Waals surface area contributed by atoms with E-state index in [1.165, 1.54) is 0 Å². The Bertz CT molecular complexity index is 447. The van der Waals surface area contributed by atoms with Crippen molar-refractivity contribution in [3.63, 3.8) is 0 Å². The summed E-state index contributed by atoms with van der Waals surface area (Å²) in [6, 6.07) is 1.72. The summed E-state index contributed by atoms with van der Waals surface area (Å²) in [7, 11) is 0. The molecule has 5 heteroatoms. The van der Waals surface area contributed by atoms with Crippen molar-refractivity contribution in [1.82, 2.24) is 14.9 Å². The van der Waals surface area contributed by atoms with Gasteiger partial charge in [-0.1, -0.05) is 0 Å². The standard InChI is InChI=1S/C14H24N4O/c1-7-18(8-2)13(19)11-9-12(16-10(3)15-11)17-14(4,5)6/h9H,7-8H2,1-6H3,(H,15,16,17). The minimum absolute atomic E-state index is 0.0486. The Morgan fingerprint density at radius 3 is 2.32 bits per heavy atom. The van der Waals surface area contributed by atoms with E-state index < -0.39 is 0 Å². The number of carbonyl (C=O) groups is 1. The van der Waals surface area contributed by atoms with Crippen LogP contribution in [0.3, 0.4) is 0 Å². The molecule has 5 nitrogen and oxygen atoms in total. The minimum atomic E-state index is -0.101. The maximum absolute atomic E-state index is 12.3. The Balaban J connectivity index is 3.06. The van der Waals surface area contributed by atoms with Gasteiger partial charge in [0.15, 0.2) is 0 Å². The van der Waals surface area contributed by atoms with E-state index in [1.54, 1.807) is 17.9 Å². The van der Waals surface area contributed by atoms with Crippen LogP contribution in [-0.4, -0.2) is 39.4 Å². The molecular formula is C14H24N4O. The molecule has 0 aliphatic heterocycles. The second-order valence-corrected chi connectivity index (χ2v) is 5.54. The average Bonchev–Trinajstić information content (AvgIpc) is 2.27. The van der Waals surface area contributed by atoms with Crippen molar-refractivity contribution in [3.05, 3.63) is 17.6 Å². The fourth-order valence-corrected chi connectivity index (χ4v) is 1.80. The number of hydrogen-bond acceptors (Lipinski definition) is 4. The van der Waals surface area contributed by atoms with E-state index in [0.29, 0.717) is 30.4 Å². The second-order valence-electron chi connectivity index (χ2n) is 5.54. The summed E-state index contributed by atoms with van der Waals surface area (Å²) in [5, 5.41) is 3.27. The van der Waals surface area contributed by atoms with E-state index in [4.69, 9.17) is 0 Å². The van der Waals surface area contributed by atoms with Crippen LogP contribution >= 0.6 is 0 Å². The topological polar surface area (TPSA) is 58.1 Å². The van der Waals surface area contributed by atoms with Crippen LogP contribution in [-0.2, 0) is 0 Å². The van der Waals surface area contributed by atoms with Crippen LogP contribution < -0.4 is 5.32 Å². The van der Waals surface area contributed by atoms with Crippen molar-refractivity contribution < 1.29 is 4.79 Å². The number of aromatic nitrogens is 2. The third-order valence-corrected chi connectivity index (χ3v) is 2.61. The van der Waals surface area contributed by atoms with Crippen LogP contribution in [0.25, 0.3) is 0 Å². The molecule has 0 saturated heterocycles. The number of carbonyl (C=O) groups excluding carboxylic acids is 1. The maximum atomic E-state index is 12.3. The first-order valence-corrected chi connectivity index (χ1v) is 6.70. The second kappa shape index (κ2) is 5.99. The van der Waals surface area contributed by atoms with E-state index in [0.717, 1.165) is 0 Å². The third-order valence-electron chi connectivity index (χ3n) is 2.61. The molecule has 0 unspecified atom stereocenters. The summed E-state index contributed by atoms with van der Waals surface area (Å²) < 4.78 is 0. The number of nitrogens with one attached hydrogen (secondary N) is 1. The highest BCUT2D eigenvalue weighted by atomic mass is 16.2. The van der Waals surface area contributed by atoms with E-state index in [1.807, 2.05) is 13.8 Å². The van der Waals surface area contributed by atoms with Gasteiger partial charge < -0.3 is 10.2 Å². The Kier molecular flexibility index (Phi) is 4.86. The van der Waals surface area contributed by atoms with Crippen LogP contribution in [0, 0.1) is 6.92 Å². The average molecular weight is 264 g/mol. The molecule has 0 aliphatic carbocycles. The van der Waals surface area contributed by atoms with E-state index in [2.05, 4.69) is 36.1 Å². The Hall–Kier alpha value is -1.65. The molecule has 106 valence electrons. The first kappa shape index (κ1) is 15.4. The van der Waals surface area contributed by atoms with Gasteiger partial charge >= 0.3 is 0 Å². The highest BCUT2D eigenvalue weighted by Crippen LogP contribution is 2.14. The summed E-state index contributed by atoms with van der Waals surface area (Å²) in [5.41, 5.74) is 0.346. The van der Waals surface area contributed by atoms with Crippen LogP contribution in [0.4, 0.5) is 5.82 Å². The zero-order valence-corrected chi connectivity index (χ0v) is 12.7. The molecule has 0 saturated carbocycles. The Labute approximate surface area is 115 Å². The largest absolute Gasteiger partial charge is 0.365 e. The molecule has 0 spiro atoms. The van der Waals surface area contributed by atoms with Gasteiger partial charge in [-0.25, -0.2) is 9.97 Å². The highest BCUT2D eigenvalue weighted by Gasteiger charge is 2.17. The van der Waals surface area contributed by atoms with Gasteiger partial charge in [0.25, 0.3) is 5.91 Å². The molecular weight excluding hydrogens is 240 g/mol. The lowest BCUT2D eigenvalue weighted by molar-refractivity contribution is 0.0766. The molecule has 1 aromatic rings. The monoisotopic (exact) mass is 264 g/mol. The Morgan fingerprint density at radius 1 is 1.26 bits per heavy atom. The van der Waals surface area contributed by atoms with Gasteiger partial charge in [-0.05, 0) is 41.5 Å². The molecule has 1 N–H and O–H groups in total. The summed E-state index contributed by atoms with van der Waals surface area (Å²) in [5.74, 6) is 1.24. The third kappa shape index (κ3) is 4.50. The van der Waals surface area contributed by atoms with Gasteiger partial charge in [0.05, 0.1) is 0 Å². The first-order valence-electron chi connectivity index (χ1n) is 6.70. The van der Waals surface area contributed by atoms with Crippen molar-refractivity contribution >= 4 is 11.7 Å². The number of nitrogens with zero attached hydrogens (tertiary/aromatic N) is 3. The predicted octanol–water partition coefficient (Wildman–Crippen LogP) is 2.48. The normalized spacial score (nSPS) is 11.3. The van der Waals surface area contributed by atoms with Gasteiger partial charge in [-0.2, -0.15) is 0 Å². The lowest BCUT2D eigenvalue weighted by atomic mass is 10.1. The van der Waals surface area contributed by atoms with Crippen molar-refractivity contribution in [2.75, 3.05) is 18.4 Å². The summed E-state index contributed by atoms with van der Waals surface area (Å²) in [6.07, 6.45) is 0. The lowest BCUT2D eigenvalue weighted by Crippen LogP contribution is -2.32. The molecule has 0 radical (unpaired) electrons. The van der Waals surface area contributed by atoms with Crippen molar-refractivity contribution in [3.8, 4) is 0 Å². The predicted molar refractivity (Wildman–Crippen MR) is 77.4 cm³/mol. The van der Waals surface area contributed by atoms with Crippen molar-refractivity contribution in [2.45, 2.75) is 47.1 Å². The first-order chi connectivity index (χ1) is 8.76. The number of aryl methyl sites for hydroxylation is 1. The van der Waals surface area contributed by atoms with E-state index in [9.17, 15) is 4.79 Å². The number of rotatable bonds is 4. The molecule has 19 heavy (non-hydrogen) atoms. The summed E-state index contributed by atoms with van der Waals surface area (Å²) in [6.45, 7) is 13.2. The highest BCUT2D eigenvalue weighted by molar-refractivity contribution is 5.93. The molecule has 0 bridgehead atoms. The van der Waals surface area contributed by atoms with Crippen LogP contribution in [0.5, 0.6) is 0 Å². The van der Waals surface area contributed by atoms with Crippen LogP contribution in [0.2, 0.25) is 0 Å². The quantitative estimate of drug-likeness (QED) is 0.907. The summed E-state index contributed by atoms with van der Waals surface area (Å²) >= 11 is 0. The fraction of sp³-hybridized carbons (Fsp3) is 0.643. The van der Waals surface area contributed by atoms with Crippen molar-refractivity contribution in [2.24, 2.45) is 0 Å². The molecule has 0 aliphatic rings. The molecule has 0 aromatic carbocycles. The summed E-state index contributed by atoms with van der Waals surface area (Å²) in [4.78, 5) is 22.6. The van der Waals surface area contributed by atoms with E-state index in [-0.39, 0.29) is 11.4 Å². The zero-order chi connectivity index (χ0) is 14.6. The maximum Gasteiger partial charge on any atom is 0.272 e. The van der Waals surface area contributed by atoms with Gasteiger partial charge in [0.1, 0.15) is 17.3 Å². The van der Waals surface area contributed by atoms with Crippen LogP contribution in [0.1, 0.15) is 50.9 Å². The molecule has 0 fully saturated rings. The zero-order valence-electron chi connectivity index (χ0n) is 12.7. The lowest BCUT2D eigenvalue weighted by Gasteiger charge is -2.22. The van der Waals surface area contributed by atoms with Crippen LogP contribution in [0.15, 0.2) is 6.07 Å². The van der Waals surface area contributed by atoms with Crippen molar-refractivity contribution in [1.29, 1.82) is 0 Å². The SMILES string of the molecule is CCN(CC)C(=O)c1cc(NC(C)(C)C)nc(C)n1. The van der Waals surface area contributed by atoms with Gasteiger partial charge in [-0.3, -0.25) is 4.79 Å². The van der Waals surface area contributed by atoms with Gasteiger partial charge in [0, 0.05) is 24.7 Å². The number of hydrogen-bond donors (Lipinski definition) is 1. The van der Waals surface area contributed by atoms with Gasteiger partial charge in [-0.15, -0.1) is 0 Å². The number of anilines is 1. The molecule has 1 amide bonds. The molecule has 0 atom stereocenters. The fourth-order valence-electron chi connectivity index (χ4n) is 1.80. The molecule has 1 rings (SSSR count). The van der Waals surface area contributed by atoms with E-state index >= 15 is 0 Å². The Morgan fingerprint density at radius 2 is 1.84 bits per heavy atom. The minimum Gasteiger partial charge on any atom is -0.365 e. The van der Waals surface area contributed by atoms with Gasteiger partial charge in [0.2, 0.25) is 0 Å². The molecule has 1 heterocycles. The smallest absolute Gasteiger partial charge is 0.272 e. The molecule has 1 aromatic heterocycles.